The van der Waals surface area contributed by atoms with Gasteiger partial charge in [-0.3, -0.25) is 0 Å². The van der Waals surface area contributed by atoms with Gasteiger partial charge in [0.15, 0.2) is 0 Å². The molecule has 104 valence electrons. The van der Waals surface area contributed by atoms with Crippen LogP contribution in [0.2, 0.25) is 5.02 Å². The van der Waals surface area contributed by atoms with Crippen LogP contribution in [0.5, 0.6) is 0 Å². The number of imidazole rings is 1. The summed E-state index contributed by atoms with van der Waals surface area (Å²) >= 11 is 17.4. The van der Waals surface area contributed by atoms with E-state index < -0.39 is 0 Å². The lowest BCUT2D eigenvalue weighted by atomic mass is 10.3. The minimum absolute atomic E-state index is 0.548. The first-order chi connectivity index (χ1) is 9.70. The Morgan fingerprint density at radius 2 is 2.15 bits per heavy atom. The maximum atomic E-state index is 6.24. The molecular weight excluding hydrogens is 379 g/mol. The predicted molar refractivity (Wildman–Crippen MR) is 90.3 cm³/mol. The van der Waals surface area contributed by atoms with Gasteiger partial charge in [0.25, 0.3) is 0 Å². The van der Waals surface area contributed by atoms with E-state index in [1.54, 1.807) is 11.3 Å². The molecule has 0 aliphatic rings. The number of rotatable bonds is 4. The second kappa shape index (κ2) is 6.06. The molecule has 0 N–H and O–H groups in total. The number of halogens is 3. The molecule has 0 radical (unpaired) electrons. The molecule has 20 heavy (non-hydrogen) atoms. The van der Waals surface area contributed by atoms with E-state index >= 15 is 0 Å². The Labute approximate surface area is 139 Å². The zero-order valence-corrected chi connectivity index (χ0v) is 14.4. The van der Waals surface area contributed by atoms with E-state index in [4.69, 9.17) is 23.2 Å². The predicted octanol–water partition coefficient (Wildman–Crippen LogP) is 5.34. The lowest BCUT2D eigenvalue weighted by Gasteiger charge is -2.07. The zero-order valence-electron chi connectivity index (χ0n) is 10.4. The summed E-state index contributed by atoms with van der Waals surface area (Å²) in [5, 5.41) is 2.76. The van der Waals surface area contributed by atoms with Crippen molar-refractivity contribution in [1.82, 2.24) is 9.55 Å². The fraction of sp³-hybridized carbons (Fsp3) is 0.214. The second-order valence-electron chi connectivity index (χ2n) is 4.35. The van der Waals surface area contributed by atoms with Gasteiger partial charge in [-0.15, -0.1) is 22.9 Å². The number of benzene rings is 1. The first kappa shape index (κ1) is 14.4. The molecule has 0 bridgehead atoms. The van der Waals surface area contributed by atoms with Gasteiger partial charge >= 0.3 is 0 Å². The number of fused-ring (bicyclic) bond motifs is 1. The monoisotopic (exact) mass is 388 g/mol. The van der Waals surface area contributed by atoms with E-state index in [9.17, 15) is 0 Å². The summed E-state index contributed by atoms with van der Waals surface area (Å²) in [5.41, 5.74) is 1.90. The average molecular weight is 390 g/mol. The number of thiophene rings is 1. The number of hydrogen-bond donors (Lipinski definition) is 0. The quantitative estimate of drug-likeness (QED) is 0.550. The standard InChI is InChI=1S/C14H11BrCl2N2S/c15-9-5-7-20-12(9)8-19-11-3-1-2-10(17)14(11)18-13(19)4-6-16/h1-3,5,7H,4,6,8H2. The van der Waals surface area contributed by atoms with E-state index in [-0.39, 0.29) is 0 Å². The minimum atomic E-state index is 0.548. The smallest absolute Gasteiger partial charge is 0.111 e. The largest absolute Gasteiger partial charge is 0.323 e. The van der Waals surface area contributed by atoms with Crippen LogP contribution in [0.4, 0.5) is 0 Å². The summed E-state index contributed by atoms with van der Waals surface area (Å²) in [4.78, 5) is 5.91. The van der Waals surface area contributed by atoms with Crippen LogP contribution in [0.1, 0.15) is 10.7 Å². The van der Waals surface area contributed by atoms with Gasteiger partial charge in [0, 0.05) is 21.7 Å². The molecule has 0 fully saturated rings. The van der Waals surface area contributed by atoms with Gasteiger partial charge in [0.1, 0.15) is 11.3 Å². The Morgan fingerprint density at radius 3 is 2.85 bits per heavy atom. The van der Waals surface area contributed by atoms with Crippen molar-refractivity contribution in [2.45, 2.75) is 13.0 Å². The molecule has 1 aromatic carbocycles. The van der Waals surface area contributed by atoms with Gasteiger partial charge in [-0.05, 0) is 39.5 Å². The molecule has 0 spiro atoms. The van der Waals surface area contributed by atoms with Crippen LogP contribution < -0.4 is 0 Å². The molecule has 0 saturated heterocycles. The summed E-state index contributed by atoms with van der Waals surface area (Å²) in [6.07, 6.45) is 0.732. The van der Waals surface area contributed by atoms with Gasteiger partial charge in [0.2, 0.25) is 0 Å². The van der Waals surface area contributed by atoms with Crippen molar-refractivity contribution in [3.05, 3.63) is 49.8 Å². The molecule has 2 heterocycles. The highest BCUT2D eigenvalue weighted by molar-refractivity contribution is 9.10. The maximum absolute atomic E-state index is 6.24. The first-order valence-corrected chi connectivity index (χ1v) is 8.70. The van der Waals surface area contributed by atoms with Crippen LogP contribution in [0.25, 0.3) is 11.0 Å². The number of para-hydroxylation sites is 1. The van der Waals surface area contributed by atoms with E-state index in [1.807, 2.05) is 18.2 Å². The Morgan fingerprint density at radius 1 is 1.30 bits per heavy atom. The lowest BCUT2D eigenvalue weighted by Crippen LogP contribution is -2.05. The van der Waals surface area contributed by atoms with E-state index in [0.29, 0.717) is 10.9 Å². The van der Waals surface area contributed by atoms with Crippen LogP contribution in [0.3, 0.4) is 0 Å². The van der Waals surface area contributed by atoms with Gasteiger partial charge in [-0.1, -0.05) is 17.7 Å². The molecule has 0 unspecified atom stereocenters. The van der Waals surface area contributed by atoms with Crippen molar-refractivity contribution in [3.8, 4) is 0 Å². The highest BCUT2D eigenvalue weighted by atomic mass is 79.9. The average Bonchev–Trinajstić information content (AvgIpc) is 2.98. The van der Waals surface area contributed by atoms with Gasteiger partial charge in [-0.25, -0.2) is 4.98 Å². The minimum Gasteiger partial charge on any atom is -0.323 e. The Kier molecular flexibility index (Phi) is 4.36. The fourth-order valence-corrected chi connectivity index (χ4v) is 4.04. The fourth-order valence-electron chi connectivity index (χ4n) is 2.19. The number of aryl methyl sites for hydroxylation is 1. The summed E-state index contributed by atoms with van der Waals surface area (Å²) in [5.74, 6) is 1.52. The van der Waals surface area contributed by atoms with E-state index in [0.717, 1.165) is 34.3 Å². The Hall–Kier alpha value is -0.550. The number of alkyl halides is 1. The van der Waals surface area contributed by atoms with Crippen molar-refractivity contribution in [2.75, 3.05) is 5.88 Å². The van der Waals surface area contributed by atoms with Crippen LogP contribution >= 0.6 is 50.5 Å². The molecule has 3 aromatic rings. The molecule has 3 rings (SSSR count). The third kappa shape index (κ3) is 2.62. The molecular formula is C14H11BrCl2N2S. The van der Waals surface area contributed by atoms with Crippen LogP contribution in [0.15, 0.2) is 34.1 Å². The molecule has 0 aliphatic carbocycles. The molecule has 2 nitrogen and oxygen atoms in total. The summed E-state index contributed by atoms with van der Waals surface area (Å²) in [6.45, 7) is 0.779. The maximum Gasteiger partial charge on any atom is 0.111 e. The summed E-state index contributed by atoms with van der Waals surface area (Å²) < 4.78 is 3.32. The topological polar surface area (TPSA) is 17.8 Å². The SMILES string of the molecule is ClCCc1nc2c(Cl)cccc2n1Cc1sccc1Br. The highest BCUT2D eigenvalue weighted by Gasteiger charge is 2.14. The van der Waals surface area contributed by atoms with Gasteiger partial charge in [0.05, 0.1) is 17.1 Å². The molecule has 0 atom stereocenters. The molecule has 0 aliphatic heterocycles. The summed E-state index contributed by atoms with van der Waals surface area (Å²) in [7, 11) is 0. The van der Waals surface area contributed by atoms with Crippen LogP contribution in [0, 0.1) is 0 Å². The highest BCUT2D eigenvalue weighted by Crippen LogP contribution is 2.28. The van der Waals surface area contributed by atoms with Crippen molar-refractivity contribution < 1.29 is 0 Å². The van der Waals surface area contributed by atoms with Crippen molar-refractivity contribution >= 4 is 61.5 Å². The Bertz CT molecular complexity index is 751. The normalized spacial score (nSPS) is 11.3. The third-order valence-corrected chi connectivity index (χ3v) is 5.52. The summed E-state index contributed by atoms with van der Waals surface area (Å²) in [6, 6.07) is 7.93. The Balaban J connectivity index is 2.14. The zero-order chi connectivity index (χ0) is 14.1. The number of aromatic nitrogens is 2. The lowest BCUT2D eigenvalue weighted by molar-refractivity contribution is 0.761. The van der Waals surface area contributed by atoms with Crippen LogP contribution in [-0.4, -0.2) is 15.4 Å². The van der Waals surface area contributed by atoms with Crippen LogP contribution in [-0.2, 0) is 13.0 Å². The first-order valence-electron chi connectivity index (χ1n) is 6.12. The molecule has 2 aromatic heterocycles. The molecule has 0 amide bonds. The van der Waals surface area contributed by atoms with Gasteiger partial charge in [-0.2, -0.15) is 0 Å². The van der Waals surface area contributed by atoms with E-state index in [2.05, 4.69) is 36.9 Å². The van der Waals surface area contributed by atoms with Crippen molar-refractivity contribution in [2.24, 2.45) is 0 Å². The van der Waals surface area contributed by atoms with Crippen molar-refractivity contribution in [1.29, 1.82) is 0 Å². The van der Waals surface area contributed by atoms with E-state index in [1.165, 1.54) is 4.88 Å². The molecule has 6 heteroatoms. The van der Waals surface area contributed by atoms with Gasteiger partial charge < -0.3 is 4.57 Å². The second-order valence-corrected chi connectivity index (χ2v) is 6.99. The third-order valence-electron chi connectivity index (χ3n) is 3.12. The molecule has 0 saturated carbocycles. The van der Waals surface area contributed by atoms with Crippen molar-refractivity contribution in [3.63, 3.8) is 0 Å². The number of hydrogen-bond acceptors (Lipinski definition) is 2. The number of nitrogens with zero attached hydrogens (tertiary/aromatic N) is 2.